The van der Waals surface area contributed by atoms with Crippen LogP contribution in [0.5, 0.6) is 0 Å². The number of amides is 2. The van der Waals surface area contributed by atoms with Crippen molar-refractivity contribution in [2.75, 3.05) is 37.6 Å². The lowest BCUT2D eigenvalue weighted by atomic mass is 10.0. The Kier molecular flexibility index (Phi) is 5.56. The van der Waals surface area contributed by atoms with Gasteiger partial charge in [0, 0.05) is 68.6 Å². The quantitative estimate of drug-likeness (QED) is 0.862. The van der Waals surface area contributed by atoms with E-state index < -0.39 is 0 Å². The maximum Gasteiger partial charge on any atom is 0.274 e. The number of hydrogen-bond acceptors (Lipinski definition) is 4. The fourth-order valence-corrected chi connectivity index (χ4v) is 4.10. The van der Waals surface area contributed by atoms with E-state index in [1.807, 2.05) is 41.8 Å². The number of nitrogens with zero attached hydrogens (tertiary/aromatic N) is 4. The fourth-order valence-electron chi connectivity index (χ4n) is 4.10. The third-order valence-corrected chi connectivity index (χ3v) is 6.17. The van der Waals surface area contributed by atoms with E-state index in [4.69, 9.17) is 0 Å². The van der Waals surface area contributed by atoms with Gasteiger partial charge in [-0.05, 0) is 18.6 Å². The van der Waals surface area contributed by atoms with Gasteiger partial charge in [0.25, 0.3) is 5.91 Å². The van der Waals surface area contributed by atoms with Gasteiger partial charge in [-0.25, -0.2) is 0 Å². The molecule has 7 heteroatoms. The summed E-state index contributed by atoms with van der Waals surface area (Å²) >= 11 is 0. The predicted octanol–water partition coefficient (Wildman–Crippen LogP) is 2.30. The van der Waals surface area contributed by atoms with Crippen LogP contribution in [0.4, 0.5) is 5.69 Å². The third kappa shape index (κ3) is 3.86. The summed E-state index contributed by atoms with van der Waals surface area (Å²) in [4.78, 5) is 31.8. The van der Waals surface area contributed by atoms with E-state index in [1.54, 1.807) is 0 Å². The van der Waals surface area contributed by atoms with Crippen molar-refractivity contribution in [1.82, 2.24) is 20.0 Å². The van der Waals surface area contributed by atoms with Gasteiger partial charge in [-0.3, -0.25) is 14.7 Å². The van der Waals surface area contributed by atoms with E-state index in [2.05, 4.69) is 27.2 Å². The van der Waals surface area contributed by atoms with Crippen molar-refractivity contribution in [3.05, 3.63) is 47.3 Å². The summed E-state index contributed by atoms with van der Waals surface area (Å²) in [5, 5.41) is 7.38. The first-order valence-electron chi connectivity index (χ1n) is 10.5. The number of aromatic amines is 1. The number of benzene rings is 1. The molecule has 0 radical (unpaired) electrons. The molecule has 1 fully saturated rings. The highest BCUT2D eigenvalue weighted by atomic mass is 16.2. The Morgan fingerprint density at radius 1 is 1.07 bits per heavy atom. The molecule has 0 unspecified atom stereocenters. The minimum atomic E-state index is -0.0342. The zero-order valence-corrected chi connectivity index (χ0v) is 17.2. The van der Waals surface area contributed by atoms with E-state index in [1.165, 1.54) is 5.69 Å². The van der Waals surface area contributed by atoms with E-state index in [9.17, 15) is 9.59 Å². The largest absolute Gasteiger partial charge is 0.368 e. The van der Waals surface area contributed by atoms with Crippen LogP contribution in [-0.4, -0.2) is 64.5 Å². The number of carbonyl (C=O) groups is 2. The number of rotatable bonds is 4. The first kappa shape index (κ1) is 19.5. The van der Waals surface area contributed by atoms with Gasteiger partial charge >= 0.3 is 0 Å². The highest BCUT2D eigenvalue weighted by Gasteiger charge is 2.32. The van der Waals surface area contributed by atoms with Crippen LogP contribution >= 0.6 is 0 Å². The van der Waals surface area contributed by atoms with Crippen LogP contribution in [0.2, 0.25) is 0 Å². The zero-order valence-electron chi connectivity index (χ0n) is 17.2. The first-order valence-corrected chi connectivity index (χ1v) is 10.5. The smallest absolute Gasteiger partial charge is 0.274 e. The predicted molar refractivity (Wildman–Crippen MR) is 112 cm³/mol. The molecule has 0 spiro atoms. The molecule has 0 bridgehead atoms. The fraction of sp³-hybridized carbons (Fsp3) is 0.500. The van der Waals surface area contributed by atoms with Gasteiger partial charge < -0.3 is 14.7 Å². The Labute approximate surface area is 171 Å². The third-order valence-electron chi connectivity index (χ3n) is 6.17. The molecule has 7 nitrogen and oxygen atoms in total. The van der Waals surface area contributed by atoms with Crippen molar-refractivity contribution in [3.8, 4) is 0 Å². The lowest BCUT2D eigenvalue weighted by Gasteiger charge is -2.36. The number of para-hydroxylation sites is 1. The molecule has 29 heavy (non-hydrogen) atoms. The van der Waals surface area contributed by atoms with Crippen molar-refractivity contribution in [1.29, 1.82) is 0 Å². The maximum absolute atomic E-state index is 13.2. The summed E-state index contributed by atoms with van der Waals surface area (Å²) in [5.41, 5.74) is 3.55. The second-order valence-electron chi connectivity index (χ2n) is 7.96. The molecule has 1 aromatic carbocycles. The molecule has 1 N–H and O–H groups in total. The van der Waals surface area contributed by atoms with Crippen molar-refractivity contribution in [2.24, 2.45) is 5.92 Å². The Balaban J connectivity index is 1.43. The summed E-state index contributed by atoms with van der Waals surface area (Å²) in [6.07, 6.45) is 1.55. The maximum atomic E-state index is 13.2. The Hall–Kier alpha value is -2.83. The summed E-state index contributed by atoms with van der Waals surface area (Å²) in [6.45, 7) is 8.10. The zero-order chi connectivity index (χ0) is 20.4. The van der Waals surface area contributed by atoms with Crippen LogP contribution in [0.1, 0.15) is 42.0 Å². The molecule has 1 saturated heterocycles. The summed E-state index contributed by atoms with van der Waals surface area (Å²) < 4.78 is 0. The first-order chi connectivity index (χ1) is 14.1. The van der Waals surface area contributed by atoms with E-state index >= 15 is 0 Å². The van der Waals surface area contributed by atoms with E-state index in [0.29, 0.717) is 31.9 Å². The number of hydrogen-bond donors (Lipinski definition) is 1. The van der Waals surface area contributed by atoms with Gasteiger partial charge in [0.2, 0.25) is 5.91 Å². The number of carbonyl (C=O) groups excluding carboxylic acids is 2. The van der Waals surface area contributed by atoms with Crippen molar-refractivity contribution >= 4 is 17.5 Å². The second kappa shape index (κ2) is 8.27. The number of anilines is 1. The number of piperazine rings is 1. The van der Waals surface area contributed by atoms with Gasteiger partial charge in [0.1, 0.15) is 0 Å². The van der Waals surface area contributed by atoms with Crippen LogP contribution in [0, 0.1) is 5.92 Å². The average Bonchev–Trinajstić information content (AvgIpc) is 3.21. The Morgan fingerprint density at radius 3 is 2.48 bits per heavy atom. The molecule has 3 heterocycles. The summed E-state index contributed by atoms with van der Waals surface area (Å²) in [6, 6.07) is 10.3. The molecule has 1 aromatic heterocycles. The minimum absolute atomic E-state index is 0.00802. The average molecular weight is 396 g/mol. The van der Waals surface area contributed by atoms with Crippen LogP contribution in [0.25, 0.3) is 0 Å². The van der Waals surface area contributed by atoms with Crippen molar-refractivity contribution in [2.45, 2.75) is 33.2 Å². The van der Waals surface area contributed by atoms with Gasteiger partial charge in [0.05, 0.1) is 0 Å². The molecule has 0 saturated carbocycles. The summed E-state index contributed by atoms with van der Waals surface area (Å²) in [7, 11) is 0. The van der Waals surface area contributed by atoms with Crippen molar-refractivity contribution in [3.63, 3.8) is 0 Å². The SMILES string of the molecule is CC[C@H](C)C(=O)N1CCc2[nH]nc(C(=O)N3CCN(c4ccccc4)CC3)c2C1. The topological polar surface area (TPSA) is 72.5 Å². The molecule has 4 rings (SSSR count). The van der Waals surface area contributed by atoms with Crippen LogP contribution < -0.4 is 4.90 Å². The number of H-pyrrole nitrogens is 1. The highest BCUT2D eigenvalue weighted by Crippen LogP contribution is 2.24. The van der Waals surface area contributed by atoms with E-state index in [0.717, 1.165) is 37.2 Å². The van der Waals surface area contributed by atoms with Crippen molar-refractivity contribution < 1.29 is 9.59 Å². The minimum Gasteiger partial charge on any atom is -0.368 e. The number of fused-ring (bicyclic) bond motifs is 1. The molecule has 154 valence electrons. The second-order valence-corrected chi connectivity index (χ2v) is 7.96. The van der Waals surface area contributed by atoms with Crippen LogP contribution in [0.3, 0.4) is 0 Å². The molecular formula is C22H29N5O2. The standard InChI is InChI=1S/C22H29N5O2/c1-3-16(2)21(28)27-10-9-19-18(15-27)20(24-23-19)22(29)26-13-11-25(12-14-26)17-7-5-4-6-8-17/h4-8,16H,3,9-15H2,1-2H3,(H,23,24)/t16-/m0/s1. The number of nitrogens with one attached hydrogen (secondary N) is 1. The molecule has 2 aliphatic heterocycles. The lowest BCUT2D eigenvalue weighted by Crippen LogP contribution is -2.49. The van der Waals surface area contributed by atoms with E-state index in [-0.39, 0.29) is 17.7 Å². The van der Waals surface area contributed by atoms with Gasteiger partial charge in [-0.2, -0.15) is 5.10 Å². The molecule has 0 aliphatic carbocycles. The van der Waals surface area contributed by atoms with Gasteiger partial charge in [-0.1, -0.05) is 32.0 Å². The highest BCUT2D eigenvalue weighted by molar-refractivity contribution is 5.94. The van der Waals surface area contributed by atoms with Crippen LogP contribution in [0.15, 0.2) is 30.3 Å². The van der Waals surface area contributed by atoms with Crippen LogP contribution in [-0.2, 0) is 17.8 Å². The monoisotopic (exact) mass is 395 g/mol. The molecule has 1 atom stereocenters. The molecular weight excluding hydrogens is 366 g/mol. The Bertz CT molecular complexity index is 871. The summed E-state index contributed by atoms with van der Waals surface area (Å²) in [5.74, 6) is 0.135. The molecule has 2 aliphatic rings. The van der Waals surface area contributed by atoms with Gasteiger partial charge in [-0.15, -0.1) is 0 Å². The van der Waals surface area contributed by atoms with Gasteiger partial charge in [0.15, 0.2) is 5.69 Å². The lowest BCUT2D eigenvalue weighted by molar-refractivity contribution is -0.136. The normalized spacial score (nSPS) is 17.8. The molecule has 2 aromatic rings. The number of aromatic nitrogens is 2. The Morgan fingerprint density at radius 2 is 1.79 bits per heavy atom. The molecule has 2 amide bonds.